The zero-order chi connectivity index (χ0) is 18.6. The second-order valence-corrected chi connectivity index (χ2v) is 9.75. The molecule has 0 bridgehead atoms. The van der Waals surface area contributed by atoms with Gasteiger partial charge in [-0.3, -0.25) is 4.79 Å². The molecule has 6 heteroatoms. The molecule has 5 nitrogen and oxygen atoms in total. The summed E-state index contributed by atoms with van der Waals surface area (Å²) in [6.07, 6.45) is 9.25. The van der Waals surface area contributed by atoms with Crippen LogP contribution in [-0.4, -0.2) is 44.0 Å². The predicted octanol–water partition coefficient (Wildman–Crippen LogP) is 2.82. The summed E-state index contributed by atoms with van der Waals surface area (Å²) in [5, 5.41) is 3.12. The Labute approximate surface area is 157 Å². The molecule has 1 aromatic carbocycles. The highest BCUT2D eigenvalue weighted by molar-refractivity contribution is 7.88. The van der Waals surface area contributed by atoms with Gasteiger partial charge in [-0.05, 0) is 31.2 Å². The number of hydrogen-bond acceptors (Lipinski definition) is 3. The molecule has 2 aliphatic rings. The molecule has 1 unspecified atom stereocenters. The quantitative estimate of drug-likeness (QED) is 0.857. The van der Waals surface area contributed by atoms with Crippen LogP contribution in [0.25, 0.3) is 0 Å². The average molecular weight is 379 g/mol. The van der Waals surface area contributed by atoms with E-state index in [0.29, 0.717) is 19.5 Å². The van der Waals surface area contributed by atoms with E-state index in [2.05, 4.69) is 29.6 Å². The summed E-state index contributed by atoms with van der Waals surface area (Å²) in [5.41, 5.74) is 1.25. The highest BCUT2D eigenvalue weighted by atomic mass is 32.2. The minimum Gasteiger partial charge on any atom is -0.354 e. The van der Waals surface area contributed by atoms with Crippen LogP contribution in [0.1, 0.15) is 56.9 Å². The number of sulfonamides is 1. The Kier molecular flexibility index (Phi) is 6.03. The summed E-state index contributed by atoms with van der Waals surface area (Å²) in [6, 6.07) is 9.88. The summed E-state index contributed by atoms with van der Waals surface area (Å²) < 4.78 is 25.5. The van der Waals surface area contributed by atoms with Crippen LogP contribution in [0.15, 0.2) is 30.3 Å². The zero-order valence-corrected chi connectivity index (χ0v) is 16.4. The second kappa shape index (κ2) is 8.09. The number of carbonyl (C=O) groups excluding carboxylic acids is 1. The SMILES string of the molecule is CS(=O)(=O)N1CCCCC1C(=O)NCC1(c2ccccc2)CCCCC1. The van der Waals surface area contributed by atoms with Gasteiger partial charge in [-0.1, -0.05) is 56.0 Å². The number of benzene rings is 1. The summed E-state index contributed by atoms with van der Waals surface area (Å²) in [4.78, 5) is 12.9. The number of nitrogens with one attached hydrogen (secondary N) is 1. The van der Waals surface area contributed by atoms with Gasteiger partial charge in [-0.2, -0.15) is 4.31 Å². The molecule has 1 saturated heterocycles. The maximum atomic E-state index is 12.9. The van der Waals surface area contributed by atoms with Crippen molar-refractivity contribution >= 4 is 15.9 Å². The molecule has 1 saturated carbocycles. The first-order valence-corrected chi connectivity index (χ1v) is 11.6. The van der Waals surface area contributed by atoms with Gasteiger partial charge in [0, 0.05) is 18.5 Å². The van der Waals surface area contributed by atoms with Gasteiger partial charge < -0.3 is 5.32 Å². The van der Waals surface area contributed by atoms with E-state index in [-0.39, 0.29) is 11.3 Å². The van der Waals surface area contributed by atoms with Gasteiger partial charge in [0.05, 0.1) is 6.26 Å². The van der Waals surface area contributed by atoms with Gasteiger partial charge in [0.1, 0.15) is 6.04 Å². The summed E-state index contributed by atoms with van der Waals surface area (Å²) in [7, 11) is -3.36. The smallest absolute Gasteiger partial charge is 0.238 e. The number of amides is 1. The molecule has 144 valence electrons. The van der Waals surface area contributed by atoms with E-state index in [1.807, 2.05) is 6.07 Å². The molecule has 0 spiro atoms. The van der Waals surface area contributed by atoms with Crippen LogP contribution in [0.2, 0.25) is 0 Å². The minimum atomic E-state index is -3.36. The largest absolute Gasteiger partial charge is 0.354 e. The number of carbonyl (C=O) groups is 1. The Morgan fingerprint density at radius 1 is 1.12 bits per heavy atom. The fraction of sp³-hybridized carbons (Fsp3) is 0.650. The number of rotatable bonds is 5. The Morgan fingerprint density at radius 3 is 2.46 bits per heavy atom. The third-order valence-corrected chi connectivity index (χ3v) is 7.27. The lowest BCUT2D eigenvalue weighted by Crippen LogP contribution is -2.53. The van der Waals surface area contributed by atoms with Crippen LogP contribution < -0.4 is 5.32 Å². The van der Waals surface area contributed by atoms with E-state index in [1.54, 1.807) is 0 Å². The maximum absolute atomic E-state index is 12.9. The average Bonchev–Trinajstić information content (AvgIpc) is 2.67. The van der Waals surface area contributed by atoms with E-state index in [1.165, 1.54) is 35.4 Å². The van der Waals surface area contributed by atoms with Gasteiger partial charge in [-0.25, -0.2) is 8.42 Å². The molecule has 0 radical (unpaired) electrons. The van der Waals surface area contributed by atoms with E-state index in [9.17, 15) is 13.2 Å². The van der Waals surface area contributed by atoms with Gasteiger partial charge in [0.15, 0.2) is 0 Å². The molecule has 1 aliphatic heterocycles. The van der Waals surface area contributed by atoms with Gasteiger partial charge in [0.25, 0.3) is 0 Å². The van der Waals surface area contributed by atoms with Crippen LogP contribution in [0, 0.1) is 0 Å². The number of hydrogen-bond donors (Lipinski definition) is 1. The van der Waals surface area contributed by atoms with Crippen molar-refractivity contribution < 1.29 is 13.2 Å². The third kappa shape index (κ3) is 4.29. The Bertz CT molecular complexity index is 712. The van der Waals surface area contributed by atoms with E-state index in [0.717, 1.165) is 25.7 Å². The van der Waals surface area contributed by atoms with Crippen LogP contribution in [-0.2, 0) is 20.2 Å². The highest BCUT2D eigenvalue weighted by Gasteiger charge is 2.37. The Morgan fingerprint density at radius 2 is 1.81 bits per heavy atom. The molecule has 1 amide bonds. The minimum absolute atomic E-state index is 0.0280. The van der Waals surface area contributed by atoms with Crippen LogP contribution in [0.4, 0.5) is 0 Å². The van der Waals surface area contributed by atoms with Gasteiger partial charge in [0.2, 0.25) is 15.9 Å². The van der Waals surface area contributed by atoms with Crippen molar-refractivity contribution in [2.24, 2.45) is 0 Å². The van der Waals surface area contributed by atoms with Crippen molar-refractivity contribution in [3.8, 4) is 0 Å². The highest BCUT2D eigenvalue weighted by Crippen LogP contribution is 2.39. The molecule has 1 N–H and O–H groups in total. The summed E-state index contributed by atoms with van der Waals surface area (Å²) >= 11 is 0. The van der Waals surface area contributed by atoms with E-state index in [4.69, 9.17) is 0 Å². The molecule has 1 aromatic rings. The maximum Gasteiger partial charge on any atom is 0.238 e. The molecule has 3 rings (SSSR count). The molecule has 1 aliphatic carbocycles. The number of piperidine rings is 1. The molecular formula is C20H30N2O3S. The molecular weight excluding hydrogens is 348 g/mol. The van der Waals surface area contributed by atoms with Crippen molar-refractivity contribution in [2.45, 2.75) is 62.8 Å². The molecule has 2 fully saturated rings. The standard InChI is InChI=1S/C20H30N2O3S/c1-26(24,25)22-15-9-6-12-18(22)19(23)21-16-20(13-7-3-8-14-20)17-10-4-2-5-11-17/h2,4-5,10-11,18H,3,6-9,12-16H2,1H3,(H,21,23). The summed E-state index contributed by atoms with van der Waals surface area (Å²) in [6.45, 7) is 1.03. The fourth-order valence-electron chi connectivity index (χ4n) is 4.53. The fourth-order valence-corrected chi connectivity index (χ4v) is 5.65. The van der Waals surface area contributed by atoms with Crippen LogP contribution >= 0.6 is 0 Å². The Balaban J connectivity index is 1.73. The van der Waals surface area contributed by atoms with Gasteiger partial charge in [-0.15, -0.1) is 0 Å². The first-order chi connectivity index (χ1) is 12.4. The molecule has 0 aromatic heterocycles. The first-order valence-electron chi connectivity index (χ1n) is 9.72. The monoisotopic (exact) mass is 378 g/mol. The topological polar surface area (TPSA) is 66.5 Å². The van der Waals surface area contributed by atoms with Crippen LogP contribution in [0.5, 0.6) is 0 Å². The third-order valence-electron chi connectivity index (χ3n) is 5.98. The summed E-state index contributed by atoms with van der Waals surface area (Å²) in [5.74, 6) is -0.143. The molecule has 1 heterocycles. The first kappa shape index (κ1) is 19.4. The molecule has 26 heavy (non-hydrogen) atoms. The van der Waals surface area contributed by atoms with Crippen LogP contribution in [0.3, 0.4) is 0 Å². The zero-order valence-electron chi connectivity index (χ0n) is 15.6. The van der Waals surface area contributed by atoms with Crippen molar-refractivity contribution in [1.29, 1.82) is 0 Å². The molecule has 1 atom stereocenters. The van der Waals surface area contributed by atoms with Crippen molar-refractivity contribution in [3.63, 3.8) is 0 Å². The van der Waals surface area contributed by atoms with Crippen molar-refractivity contribution in [3.05, 3.63) is 35.9 Å². The van der Waals surface area contributed by atoms with Gasteiger partial charge >= 0.3 is 0 Å². The predicted molar refractivity (Wildman–Crippen MR) is 103 cm³/mol. The normalized spacial score (nSPS) is 24.1. The number of nitrogens with zero attached hydrogens (tertiary/aromatic N) is 1. The Hall–Kier alpha value is -1.40. The second-order valence-electron chi connectivity index (χ2n) is 7.81. The lowest BCUT2D eigenvalue weighted by atomic mass is 9.69. The van der Waals surface area contributed by atoms with Crippen molar-refractivity contribution in [2.75, 3.05) is 19.3 Å². The van der Waals surface area contributed by atoms with E-state index >= 15 is 0 Å². The van der Waals surface area contributed by atoms with Crippen molar-refractivity contribution in [1.82, 2.24) is 9.62 Å². The lowest BCUT2D eigenvalue weighted by Gasteiger charge is -2.39. The lowest BCUT2D eigenvalue weighted by molar-refractivity contribution is -0.126. The van der Waals surface area contributed by atoms with E-state index < -0.39 is 16.1 Å².